The third-order valence-corrected chi connectivity index (χ3v) is 4.68. The predicted octanol–water partition coefficient (Wildman–Crippen LogP) is 5.09. The highest BCUT2D eigenvalue weighted by atomic mass is 35.5. The van der Waals surface area contributed by atoms with Gasteiger partial charge in [-0.2, -0.15) is 0 Å². The molecule has 2 atom stereocenters. The average molecular weight is 286 g/mol. The molecule has 0 aliphatic heterocycles. The molecule has 0 radical (unpaired) electrons. The summed E-state index contributed by atoms with van der Waals surface area (Å²) in [5.41, 5.74) is 2.21. The summed E-state index contributed by atoms with van der Waals surface area (Å²) < 4.78 is 0. The molecule has 0 spiro atoms. The van der Waals surface area contributed by atoms with E-state index < -0.39 is 0 Å². The summed E-state index contributed by atoms with van der Waals surface area (Å²) >= 11 is 12.1. The maximum absolute atomic E-state index is 6.23. The van der Waals surface area contributed by atoms with E-state index in [2.05, 4.69) is 24.9 Å². The number of hydrogen-bond donors (Lipinski definition) is 0. The molecule has 3 heteroatoms. The first-order chi connectivity index (χ1) is 8.61. The van der Waals surface area contributed by atoms with E-state index in [4.69, 9.17) is 23.2 Å². The molecule has 0 saturated heterocycles. The van der Waals surface area contributed by atoms with Gasteiger partial charge in [0, 0.05) is 29.7 Å². The van der Waals surface area contributed by atoms with Gasteiger partial charge in [-0.25, -0.2) is 0 Å². The average Bonchev–Trinajstić information content (AvgIpc) is 2.37. The maximum Gasteiger partial charge on any atom is 0.0488 e. The first-order valence-corrected chi connectivity index (χ1v) is 7.60. The molecule has 1 fully saturated rings. The van der Waals surface area contributed by atoms with Gasteiger partial charge in [-0.1, -0.05) is 37.4 Å². The normalized spacial score (nSPS) is 24.0. The minimum Gasteiger partial charge on any atom is -0.372 e. The van der Waals surface area contributed by atoms with E-state index in [1.165, 1.54) is 31.4 Å². The fourth-order valence-corrected chi connectivity index (χ4v) is 3.37. The van der Waals surface area contributed by atoms with Crippen molar-refractivity contribution in [2.45, 2.75) is 44.5 Å². The quantitative estimate of drug-likeness (QED) is 0.699. The van der Waals surface area contributed by atoms with E-state index in [0.717, 1.165) is 16.5 Å². The first kappa shape index (κ1) is 14.0. The summed E-state index contributed by atoms with van der Waals surface area (Å²) in [6.07, 6.45) is 5.28. The summed E-state index contributed by atoms with van der Waals surface area (Å²) in [7, 11) is 2.18. The molecule has 0 bridgehead atoms. The monoisotopic (exact) mass is 285 g/mol. The van der Waals surface area contributed by atoms with Crippen molar-refractivity contribution in [3.05, 3.63) is 28.8 Å². The second kappa shape index (κ2) is 6.16. The van der Waals surface area contributed by atoms with Crippen molar-refractivity contribution in [1.82, 2.24) is 0 Å². The number of alkyl halides is 1. The smallest absolute Gasteiger partial charge is 0.0488 e. The van der Waals surface area contributed by atoms with E-state index in [1.54, 1.807) is 0 Å². The molecule has 0 heterocycles. The predicted molar refractivity (Wildman–Crippen MR) is 80.8 cm³/mol. The zero-order valence-corrected chi connectivity index (χ0v) is 12.6. The summed E-state index contributed by atoms with van der Waals surface area (Å²) in [5, 5.41) is 0.776. The van der Waals surface area contributed by atoms with Gasteiger partial charge in [0.05, 0.1) is 0 Å². The molecule has 18 heavy (non-hydrogen) atoms. The lowest BCUT2D eigenvalue weighted by atomic mass is 9.86. The van der Waals surface area contributed by atoms with Crippen LogP contribution in [0.1, 0.15) is 38.2 Å². The Bertz CT molecular complexity index is 405. The molecule has 1 aromatic carbocycles. The Kier molecular flexibility index (Phi) is 4.80. The molecule has 0 N–H and O–H groups in total. The number of hydrogen-bond acceptors (Lipinski definition) is 1. The van der Waals surface area contributed by atoms with Crippen LogP contribution in [-0.2, 0) is 5.88 Å². The lowest BCUT2D eigenvalue weighted by molar-refractivity contribution is 0.336. The van der Waals surface area contributed by atoms with Crippen LogP contribution >= 0.6 is 23.2 Å². The minimum absolute atomic E-state index is 0.475. The Morgan fingerprint density at radius 1 is 1.33 bits per heavy atom. The molecule has 1 nitrogen and oxygen atoms in total. The molecular weight excluding hydrogens is 265 g/mol. The van der Waals surface area contributed by atoms with Crippen molar-refractivity contribution in [2.75, 3.05) is 11.9 Å². The van der Waals surface area contributed by atoms with Crippen molar-refractivity contribution in [3.8, 4) is 0 Å². The standard InChI is InChI=1S/C15H21Cl2N/c1-11-4-3-5-13(8-11)18(2)14-7-6-12(10-16)15(17)9-14/h6-7,9,11,13H,3-5,8,10H2,1-2H3. The van der Waals surface area contributed by atoms with Crippen LogP contribution in [0.3, 0.4) is 0 Å². The summed E-state index contributed by atoms with van der Waals surface area (Å²) in [4.78, 5) is 2.37. The van der Waals surface area contributed by atoms with E-state index in [9.17, 15) is 0 Å². The van der Waals surface area contributed by atoms with Crippen LogP contribution in [0.2, 0.25) is 5.02 Å². The number of benzene rings is 1. The van der Waals surface area contributed by atoms with Crippen molar-refractivity contribution in [3.63, 3.8) is 0 Å². The third kappa shape index (κ3) is 3.13. The second-order valence-electron chi connectivity index (χ2n) is 5.45. The summed E-state index contributed by atoms with van der Waals surface area (Å²) in [6, 6.07) is 6.85. The zero-order valence-electron chi connectivity index (χ0n) is 11.1. The molecule has 100 valence electrons. The topological polar surface area (TPSA) is 3.24 Å². The molecule has 2 unspecified atom stereocenters. The lowest BCUT2D eigenvalue weighted by Gasteiger charge is -2.35. The van der Waals surface area contributed by atoms with Gasteiger partial charge < -0.3 is 4.90 Å². The van der Waals surface area contributed by atoms with Crippen molar-refractivity contribution < 1.29 is 0 Å². The minimum atomic E-state index is 0.475. The van der Waals surface area contributed by atoms with Crippen LogP contribution in [0.15, 0.2) is 18.2 Å². The molecule has 0 amide bonds. The van der Waals surface area contributed by atoms with Gasteiger partial charge in [0.15, 0.2) is 0 Å². The van der Waals surface area contributed by atoms with Gasteiger partial charge in [0.1, 0.15) is 0 Å². The van der Waals surface area contributed by atoms with Gasteiger partial charge in [-0.3, -0.25) is 0 Å². The SMILES string of the molecule is CC1CCCC(N(C)c2ccc(CCl)c(Cl)c2)C1. The largest absolute Gasteiger partial charge is 0.372 e. The molecule has 1 aromatic rings. The van der Waals surface area contributed by atoms with Gasteiger partial charge in [-0.15, -0.1) is 11.6 Å². The van der Waals surface area contributed by atoms with Gasteiger partial charge >= 0.3 is 0 Å². The highest BCUT2D eigenvalue weighted by Crippen LogP contribution is 2.31. The van der Waals surface area contributed by atoms with E-state index in [-0.39, 0.29) is 0 Å². The molecule has 1 aliphatic rings. The highest BCUT2D eigenvalue weighted by molar-refractivity contribution is 6.32. The van der Waals surface area contributed by atoms with Crippen molar-refractivity contribution >= 4 is 28.9 Å². The van der Waals surface area contributed by atoms with Crippen LogP contribution in [0, 0.1) is 5.92 Å². The van der Waals surface area contributed by atoms with Crippen LogP contribution in [0.25, 0.3) is 0 Å². The first-order valence-electron chi connectivity index (χ1n) is 6.69. The Hall–Kier alpha value is -0.400. The van der Waals surface area contributed by atoms with Crippen LogP contribution < -0.4 is 4.90 Å². The van der Waals surface area contributed by atoms with Gasteiger partial charge in [0.25, 0.3) is 0 Å². The third-order valence-electron chi connectivity index (χ3n) is 4.04. The van der Waals surface area contributed by atoms with Crippen molar-refractivity contribution in [1.29, 1.82) is 0 Å². The number of anilines is 1. The number of rotatable bonds is 3. The Morgan fingerprint density at radius 3 is 2.72 bits per heavy atom. The highest BCUT2D eigenvalue weighted by Gasteiger charge is 2.22. The Morgan fingerprint density at radius 2 is 2.11 bits per heavy atom. The maximum atomic E-state index is 6.23. The zero-order chi connectivity index (χ0) is 13.1. The van der Waals surface area contributed by atoms with Crippen molar-refractivity contribution in [2.24, 2.45) is 5.92 Å². The number of halogens is 2. The van der Waals surface area contributed by atoms with Crippen LogP contribution in [-0.4, -0.2) is 13.1 Å². The van der Waals surface area contributed by atoms with Crippen LogP contribution in [0.4, 0.5) is 5.69 Å². The fraction of sp³-hybridized carbons (Fsp3) is 0.600. The molecule has 1 aliphatic carbocycles. The van der Waals surface area contributed by atoms with E-state index >= 15 is 0 Å². The molecule has 2 rings (SSSR count). The van der Waals surface area contributed by atoms with Gasteiger partial charge in [0.2, 0.25) is 0 Å². The Labute approximate surface area is 120 Å². The lowest BCUT2D eigenvalue weighted by Crippen LogP contribution is -2.35. The van der Waals surface area contributed by atoms with E-state index in [0.29, 0.717) is 11.9 Å². The second-order valence-corrected chi connectivity index (χ2v) is 6.12. The fourth-order valence-electron chi connectivity index (χ4n) is 2.83. The molecular formula is C15H21Cl2N. The summed E-state index contributed by atoms with van der Waals surface area (Å²) in [6.45, 7) is 2.35. The Balaban J connectivity index is 2.12. The van der Waals surface area contributed by atoms with Gasteiger partial charge in [-0.05, 0) is 36.5 Å². The van der Waals surface area contributed by atoms with E-state index in [1.807, 2.05) is 12.1 Å². The number of nitrogens with zero attached hydrogens (tertiary/aromatic N) is 1. The summed E-state index contributed by atoms with van der Waals surface area (Å²) in [5.74, 6) is 1.31. The molecule has 1 saturated carbocycles. The molecule has 0 aromatic heterocycles. The van der Waals surface area contributed by atoms with Crippen LogP contribution in [0.5, 0.6) is 0 Å².